The van der Waals surface area contributed by atoms with E-state index < -0.39 is 20.0 Å². The molecule has 0 radical (unpaired) electrons. The van der Waals surface area contributed by atoms with Gasteiger partial charge in [-0.2, -0.15) is 0 Å². The number of hydrogen-bond acceptors (Lipinski definition) is 6. The van der Waals surface area contributed by atoms with Gasteiger partial charge in [0.25, 0.3) is 7.82 Å². The van der Waals surface area contributed by atoms with Crippen LogP contribution in [0.1, 0.15) is 239 Å². The van der Waals surface area contributed by atoms with Crippen molar-refractivity contribution in [2.75, 3.05) is 40.9 Å². The van der Waals surface area contributed by atoms with Crippen LogP contribution in [0.4, 0.5) is 0 Å². The molecular weight excluding hydrogens is 707 g/mol. The van der Waals surface area contributed by atoms with Crippen LogP contribution in [0.3, 0.4) is 0 Å². The largest absolute Gasteiger partial charge is 0.756 e. The minimum Gasteiger partial charge on any atom is -0.756 e. The molecule has 0 spiro atoms. The lowest BCUT2D eigenvalue weighted by Gasteiger charge is -2.30. The Morgan fingerprint density at radius 3 is 1.24 bits per heavy atom. The first-order valence-corrected chi connectivity index (χ1v) is 25.3. The second kappa shape index (κ2) is 39.0. The number of aliphatic hydroxyl groups excluding tert-OH is 1. The van der Waals surface area contributed by atoms with Crippen LogP contribution in [0.5, 0.6) is 0 Å². The molecule has 0 bridgehead atoms. The van der Waals surface area contributed by atoms with E-state index >= 15 is 0 Å². The molecule has 0 aliphatic rings. The van der Waals surface area contributed by atoms with Crippen molar-refractivity contribution < 1.29 is 32.9 Å². The molecule has 0 fully saturated rings. The molecule has 3 unspecified atom stereocenters. The number of hydrogen-bond donors (Lipinski definition) is 2. The first-order valence-electron chi connectivity index (χ1n) is 23.9. The van der Waals surface area contributed by atoms with Gasteiger partial charge in [-0.25, -0.2) is 0 Å². The van der Waals surface area contributed by atoms with Gasteiger partial charge in [-0.05, 0) is 12.8 Å². The fourth-order valence-corrected chi connectivity index (χ4v) is 8.00. The number of carbonyl (C=O) groups is 1. The lowest BCUT2D eigenvalue weighted by Crippen LogP contribution is -2.46. The number of aliphatic hydroxyl groups is 1. The predicted molar refractivity (Wildman–Crippen MR) is 233 cm³/mol. The number of amides is 1. The third kappa shape index (κ3) is 41.5. The van der Waals surface area contributed by atoms with Crippen LogP contribution in [0.2, 0.25) is 0 Å². The highest BCUT2D eigenvalue weighted by atomic mass is 31.2. The van der Waals surface area contributed by atoms with E-state index in [2.05, 4.69) is 19.2 Å². The molecular formula is C46H95N2O6P. The van der Waals surface area contributed by atoms with Crippen molar-refractivity contribution in [3.8, 4) is 0 Å². The van der Waals surface area contributed by atoms with Crippen LogP contribution in [0.15, 0.2) is 0 Å². The highest BCUT2D eigenvalue weighted by Gasteiger charge is 2.24. The molecule has 330 valence electrons. The maximum atomic E-state index is 12.9. The highest BCUT2D eigenvalue weighted by Crippen LogP contribution is 2.38. The zero-order valence-corrected chi connectivity index (χ0v) is 38.3. The van der Waals surface area contributed by atoms with E-state index in [1.165, 1.54) is 173 Å². The zero-order chi connectivity index (χ0) is 40.7. The number of phosphoric acid groups is 1. The normalized spacial score (nSPS) is 14.2. The number of likely N-dealkylation sites (N-methyl/N-ethyl adjacent to an activating group) is 1. The van der Waals surface area contributed by atoms with Crippen molar-refractivity contribution >= 4 is 13.7 Å². The van der Waals surface area contributed by atoms with Crippen molar-refractivity contribution in [2.45, 2.75) is 251 Å². The SMILES string of the molecule is CCCCCCCCCCCCCCCCCCCCCCCC(=O)NC(COP(=O)([O-])OCC[N+](C)(C)C)C(O)CCCCCCCCCCCCCC. The van der Waals surface area contributed by atoms with Crippen LogP contribution >= 0.6 is 7.82 Å². The summed E-state index contributed by atoms with van der Waals surface area (Å²) in [4.78, 5) is 25.3. The minimum absolute atomic E-state index is 0.0161. The van der Waals surface area contributed by atoms with E-state index in [4.69, 9.17) is 9.05 Å². The second-order valence-electron chi connectivity index (χ2n) is 17.8. The van der Waals surface area contributed by atoms with Crippen LogP contribution in [-0.2, 0) is 18.4 Å². The quantitative estimate of drug-likeness (QED) is 0.0361. The lowest BCUT2D eigenvalue weighted by molar-refractivity contribution is -0.870. The van der Waals surface area contributed by atoms with E-state index in [1.54, 1.807) is 0 Å². The summed E-state index contributed by atoms with van der Waals surface area (Å²) in [7, 11) is 1.32. The van der Waals surface area contributed by atoms with Gasteiger partial charge in [0.1, 0.15) is 13.2 Å². The maximum Gasteiger partial charge on any atom is 0.268 e. The molecule has 0 saturated heterocycles. The number of quaternary nitrogens is 1. The molecule has 0 aromatic carbocycles. The average molecular weight is 803 g/mol. The predicted octanol–water partition coefficient (Wildman–Crippen LogP) is 12.7. The lowest BCUT2D eigenvalue weighted by atomic mass is 10.0. The van der Waals surface area contributed by atoms with Gasteiger partial charge in [-0.15, -0.1) is 0 Å². The number of unbranched alkanes of at least 4 members (excludes halogenated alkanes) is 31. The molecule has 2 N–H and O–H groups in total. The second-order valence-corrected chi connectivity index (χ2v) is 19.2. The standard InChI is InChI=1S/C46H95N2O6P/c1-6-8-10-12-14-16-18-20-21-22-23-24-25-26-27-28-30-32-34-36-38-40-46(50)47-44(43-54-55(51,52)53-42-41-48(3,4)5)45(49)39-37-35-33-31-29-19-17-15-13-11-9-7-2/h44-45,49H,6-43H2,1-5H3,(H-,47,50,51,52). The van der Waals surface area contributed by atoms with Gasteiger partial charge in [0.05, 0.1) is 39.9 Å². The van der Waals surface area contributed by atoms with Gasteiger partial charge >= 0.3 is 0 Å². The van der Waals surface area contributed by atoms with Gasteiger partial charge in [0.2, 0.25) is 5.91 Å². The van der Waals surface area contributed by atoms with Crippen LogP contribution in [0, 0.1) is 0 Å². The smallest absolute Gasteiger partial charge is 0.268 e. The van der Waals surface area contributed by atoms with Crippen molar-refractivity contribution in [2.24, 2.45) is 0 Å². The van der Waals surface area contributed by atoms with E-state index in [1.807, 2.05) is 21.1 Å². The van der Waals surface area contributed by atoms with Crippen molar-refractivity contribution in [3.63, 3.8) is 0 Å². The third-order valence-electron chi connectivity index (χ3n) is 11.1. The van der Waals surface area contributed by atoms with Gasteiger partial charge < -0.3 is 28.8 Å². The molecule has 0 rings (SSSR count). The Morgan fingerprint density at radius 1 is 0.564 bits per heavy atom. The van der Waals surface area contributed by atoms with Crippen molar-refractivity contribution in [3.05, 3.63) is 0 Å². The number of carbonyl (C=O) groups excluding carboxylic acids is 1. The third-order valence-corrected chi connectivity index (χ3v) is 12.1. The molecule has 8 nitrogen and oxygen atoms in total. The number of phosphoric ester groups is 1. The summed E-state index contributed by atoms with van der Waals surface area (Å²) in [5, 5.41) is 13.9. The Balaban J connectivity index is 4.20. The molecule has 9 heteroatoms. The fourth-order valence-electron chi connectivity index (χ4n) is 7.28. The monoisotopic (exact) mass is 803 g/mol. The Hall–Kier alpha value is -0.500. The van der Waals surface area contributed by atoms with Crippen LogP contribution in [0.25, 0.3) is 0 Å². The molecule has 0 aromatic heterocycles. The first kappa shape index (κ1) is 54.5. The van der Waals surface area contributed by atoms with E-state index in [0.717, 1.165) is 38.5 Å². The van der Waals surface area contributed by atoms with Gasteiger partial charge in [0.15, 0.2) is 0 Å². The van der Waals surface area contributed by atoms with Gasteiger partial charge in [-0.1, -0.05) is 219 Å². The fraction of sp³-hybridized carbons (Fsp3) is 0.978. The van der Waals surface area contributed by atoms with Crippen molar-refractivity contribution in [1.29, 1.82) is 0 Å². The molecule has 3 atom stereocenters. The summed E-state index contributed by atoms with van der Waals surface area (Å²) in [6.45, 7) is 4.74. The van der Waals surface area contributed by atoms with E-state index in [0.29, 0.717) is 23.9 Å². The highest BCUT2D eigenvalue weighted by molar-refractivity contribution is 7.45. The average Bonchev–Trinajstić information content (AvgIpc) is 3.13. The summed E-state index contributed by atoms with van der Waals surface area (Å²) in [6, 6.07) is -0.792. The number of rotatable bonds is 44. The molecule has 0 aliphatic heterocycles. The number of nitrogens with one attached hydrogen (secondary N) is 1. The Morgan fingerprint density at radius 2 is 0.891 bits per heavy atom. The summed E-state index contributed by atoms with van der Waals surface area (Å²) < 4.78 is 23.3. The summed E-state index contributed by atoms with van der Waals surface area (Å²) in [5.41, 5.74) is 0. The summed E-state index contributed by atoms with van der Waals surface area (Å²) >= 11 is 0. The first-order chi connectivity index (χ1) is 26.5. The molecule has 0 aromatic rings. The Kier molecular flexibility index (Phi) is 38.6. The molecule has 0 heterocycles. The summed E-state index contributed by atoms with van der Waals surface area (Å²) in [5.74, 6) is -0.160. The Bertz CT molecular complexity index is 870. The van der Waals surface area contributed by atoms with Crippen LogP contribution in [-0.4, -0.2) is 68.5 Å². The minimum atomic E-state index is -4.56. The molecule has 55 heavy (non-hydrogen) atoms. The molecule has 0 saturated carbocycles. The van der Waals surface area contributed by atoms with Crippen molar-refractivity contribution in [1.82, 2.24) is 5.32 Å². The van der Waals surface area contributed by atoms with Gasteiger partial charge in [0, 0.05) is 6.42 Å². The zero-order valence-electron chi connectivity index (χ0n) is 37.4. The molecule has 1 amide bonds. The maximum absolute atomic E-state index is 12.9. The van der Waals surface area contributed by atoms with E-state index in [-0.39, 0.29) is 19.1 Å². The molecule has 0 aliphatic carbocycles. The topological polar surface area (TPSA) is 108 Å². The summed E-state index contributed by atoms with van der Waals surface area (Å²) in [6.07, 6.45) is 42.5. The Labute approximate surface area is 342 Å². The number of nitrogens with zero attached hydrogens (tertiary/aromatic N) is 1. The van der Waals surface area contributed by atoms with E-state index in [9.17, 15) is 19.4 Å². The van der Waals surface area contributed by atoms with Crippen LogP contribution < -0.4 is 10.2 Å². The van der Waals surface area contributed by atoms with Gasteiger partial charge in [-0.3, -0.25) is 9.36 Å².